The number of aromatic nitrogens is 1. The summed E-state index contributed by atoms with van der Waals surface area (Å²) >= 11 is 0. The average Bonchev–Trinajstić information content (AvgIpc) is 3.04. The third-order valence-corrected chi connectivity index (χ3v) is 7.84. The Kier molecular flexibility index (Phi) is 7.51. The molecule has 0 unspecified atom stereocenters. The minimum atomic E-state index is -3.64. The molecule has 1 aromatic carbocycles. The van der Waals surface area contributed by atoms with Crippen LogP contribution in [0.4, 0.5) is 0 Å². The third-order valence-electron chi connectivity index (χ3n) is 5.82. The van der Waals surface area contributed by atoms with E-state index in [4.69, 9.17) is 0 Å². The maximum Gasteiger partial charge on any atom is 0.163 e. The number of phenolic OH excluding ortho intramolecular Hbond substituents is 1. The molecule has 0 amide bonds. The summed E-state index contributed by atoms with van der Waals surface area (Å²) in [5.41, 5.74) is 4.38. The number of aliphatic hydroxyl groups is 3. The number of rotatable bonds is 8. The predicted molar refractivity (Wildman–Crippen MR) is 124 cm³/mol. The Morgan fingerprint density at radius 3 is 2.47 bits per heavy atom. The molecule has 4 N–H and O–H groups in total. The number of allylic oxidation sites excluding steroid dienone is 1. The van der Waals surface area contributed by atoms with Crippen molar-refractivity contribution in [3.63, 3.8) is 0 Å². The summed E-state index contributed by atoms with van der Waals surface area (Å²) in [7, 11) is -3.64. The van der Waals surface area contributed by atoms with E-state index in [9.17, 15) is 28.8 Å². The van der Waals surface area contributed by atoms with E-state index in [0.717, 1.165) is 28.0 Å². The van der Waals surface area contributed by atoms with Crippen LogP contribution in [0.15, 0.2) is 47.7 Å². The molecule has 1 aliphatic heterocycles. The van der Waals surface area contributed by atoms with Crippen LogP contribution in [0.25, 0.3) is 11.6 Å². The highest BCUT2D eigenvalue weighted by Crippen LogP contribution is 2.33. The topological polar surface area (TPSA) is 128 Å². The SMILES string of the molecule is Cc1cc(/C=C(/CC[C@@H](O)C2=C(CO)CS(=O)(=O)[C@H]2CO)c2ccccn2)cc(C)c1O. The molecule has 32 heavy (non-hydrogen) atoms. The van der Waals surface area contributed by atoms with Gasteiger partial charge in [0, 0.05) is 6.20 Å². The van der Waals surface area contributed by atoms with E-state index in [1.807, 2.05) is 44.2 Å². The summed E-state index contributed by atoms with van der Waals surface area (Å²) in [6.45, 7) is 2.54. The fourth-order valence-corrected chi connectivity index (χ4v) is 6.08. The molecule has 0 aliphatic carbocycles. The summed E-state index contributed by atoms with van der Waals surface area (Å²) in [5.74, 6) is -0.103. The first-order valence-corrected chi connectivity index (χ1v) is 12.1. The average molecular weight is 460 g/mol. The number of aromatic hydroxyl groups is 1. The van der Waals surface area contributed by atoms with Crippen molar-refractivity contribution >= 4 is 21.5 Å². The van der Waals surface area contributed by atoms with Crippen LogP contribution in [0.2, 0.25) is 0 Å². The first-order valence-electron chi connectivity index (χ1n) is 10.4. The number of benzene rings is 1. The Morgan fingerprint density at radius 1 is 1.22 bits per heavy atom. The monoisotopic (exact) mass is 459 g/mol. The highest BCUT2D eigenvalue weighted by atomic mass is 32.2. The maximum atomic E-state index is 12.3. The van der Waals surface area contributed by atoms with Crippen molar-refractivity contribution in [2.75, 3.05) is 19.0 Å². The van der Waals surface area contributed by atoms with Gasteiger partial charge in [-0.25, -0.2) is 8.42 Å². The maximum absolute atomic E-state index is 12.3. The number of phenols is 1. The van der Waals surface area contributed by atoms with E-state index in [-0.39, 0.29) is 29.1 Å². The number of hydrogen-bond acceptors (Lipinski definition) is 7. The molecule has 0 fully saturated rings. The lowest BCUT2D eigenvalue weighted by Crippen LogP contribution is -2.29. The molecule has 1 aliphatic rings. The number of nitrogens with zero attached hydrogens (tertiary/aromatic N) is 1. The van der Waals surface area contributed by atoms with Crippen molar-refractivity contribution in [1.82, 2.24) is 4.98 Å². The molecule has 8 heteroatoms. The Balaban J connectivity index is 1.92. The zero-order valence-electron chi connectivity index (χ0n) is 18.2. The molecule has 2 aromatic rings. The van der Waals surface area contributed by atoms with Gasteiger partial charge in [-0.15, -0.1) is 0 Å². The molecule has 172 valence electrons. The summed E-state index contributed by atoms with van der Waals surface area (Å²) in [4.78, 5) is 4.41. The van der Waals surface area contributed by atoms with Gasteiger partial charge < -0.3 is 20.4 Å². The van der Waals surface area contributed by atoms with Crippen molar-refractivity contribution < 1.29 is 28.8 Å². The Morgan fingerprint density at radius 2 is 1.91 bits per heavy atom. The van der Waals surface area contributed by atoms with Crippen LogP contribution in [0.1, 0.15) is 35.2 Å². The van der Waals surface area contributed by atoms with Gasteiger partial charge in [0.05, 0.1) is 30.8 Å². The van der Waals surface area contributed by atoms with Crippen molar-refractivity contribution in [3.05, 3.63) is 70.1 Å². The molecular weight excluding hydrogens is 430 g/mol. The number of hydrogen-bond donors (Lipinski definition) is 4. The Bertz CT molecular complexity index is 1120. The molecule has 0 saturated heterocycles. The zero-order valence-corrected chi connectivity index (χ0v) is 19.0. The van der Waals surface area contributed by atoms with Gasteiger partial charge in [-0.1, -0.05) is 6.07 Å². The number of aryl methyl sites for hydroxylation is 2. The third kappa shape index (κ3) is 5.10. The van der Waals surface area contributed by atoms with Crippen LogP contribution in [-0.4, -0.2) is 64.1 Å². The molecule has 0 bridgehead atoms. The van der Waals surface area contributed by atoms with Crippen LogP contribution in [0, 0.1) is 13.8 Å². The molecule has 0 spiro atoms. The van der Waals surface area contributed by atoms with Gasteiger partial charge in [-0.05, 0) is 90.4 Å². The zero-order chi connectivity index (χ0) is 23.5. The van der Waals surface area contributed by atoms with Crippen LogP contribution in [0.3, 0.4) is 0 Å². The van der Waals surface area contributed by atoms with Crippen LogP contribution >= 0.6 is 0 Å². The number of pyridine rings is 1. The van der Waals surface area contributed by atoms with Gasteiger partial charge in [0.25, 0.3) is 0 Å². The fourth-order valence-electron chi connectivity index (χ4n) is 4.20. The second-order valence-corrected chi connectivity index (χ2v) is 10.3. The Labute approximate surface area is 188 Å². The summed E-state index contributed by atoms with van der Waals surface area (Å²) in [5, 5.41) is 38.9. The Hall–Kier alpha value is -2.52. The summed E-state index contributed by atoms with van der Waals surface area (Å²) < 4.78 is 24.6. The van der Waals surface area contributed by atoms with Crippen LogP contribution in [-0.2, 0) is 9.84 Å². The summed E-state index contributed by atoms with van der Waals surface area (Å²) in [6, 6.07) is 9.24. The van der Waals surface area contributed by atoms with Gasteiger partial charge in [0.15, 0.2) is 9.84 Å². The van der Waals surface area contributed by atoms with E-state index in [2.05, 4.69) is 4.98 Å². The number of sulfone groups is 1. The quantitative estimate of drug-likeness (QED) is 0.445. The second kappa shape index (κ2) is 9.95. The smallest absolute Gasteiger partial charge is 0.163 e. The summed E-state index contributed by atoms with van der Waals surface area (Å²) in [6.07, 6.45) is 3.07. The first kappa shape index (κ1) is 24.1. The minimum Gasteiger partial charge on any atom is -0.507 e. The van der Waals surface area contributed by atoms with Gasteiger partial charge >= 0.3 is 0 Å². The molecule has 1 aromatic heterocycles. The minimum absolute atomic E-state index is 0.198. The van der Waals surface area contributed by atoms with Crippen molar-refractivity contribution in [3.8, 4) is 5.75 Å². The molecule has 0 radical (unpaired) electrons. The standard InChI is InChI=1S/C24H29NO6S/c1-15-9-17(10-16(2)24(15)29)11-18(20-5-3-4-8-25-20)6-7-21(28)23-19(12-26)14-32(30,31)22(23)13-27/h3-5,8-11,21-22,26-29H,6-7,12-14H2,1-2H3/b18-11-/t21-,22+/m1/s1. The molecular formula is C24H29NO6S. The fraction of sp³-hybridized carbons (Fsp3) is 0.375. The van der Waals surface area contributed by atoms with E-state index in [0.29, 0.717) is 6.42 Å². The van der Waals surface area contributed by atoms with Crippen molar-refractivity contribution in [2.45, 2.75) is 38.0 Å². The highest BCUT2D eigenvalue weighted by Gasteiger charge is 2.40. The van der Waals surface area contributed by atoms with E-state index >= 15 is 0 Å². The normalized spacial score (nSPS) is 19.4. The highest BCUT2D eigenvalue weighted by molar-refractivity contribution is 7.92. The van der Waals surface area contributed by atoms with E-state index < -0.39 is 34.4 Å². The van der Waals surface area contributed by atoms with Gasteiger partial charge in [-0.3, -0.25) is 4.98 Å². The molecule has 2 atom stereocenters. The number of aliphatic hydroxyl groups excluding tert-OH is 3. The second-order valence-electron chi connectivity index (χ2n) is 8.14. The molecule has 0 saturated carbocycles. The van der Waals surface area contributed by atoms with Gasteiger partial charge in [0.2, 0.25) is 0 Å². The lowest BCUT2D eigenvalue weighted by Gasteiger charge is -2.19. The van der Waals surface area contributed by atoms with Crippen LogP contribution in [0.5, 0.6) is 5.75 Å². The molecule has 2 heterocycles. The van der Waals surface area contributed by atoms with Gasteiger partial charge in [-0.2, -0.15) is 0 Å². The van der Waals surface area contributed by atoms with Crippen LogP contribution < -0.4 is 0 Å². The van der Waals surface area contributed by atoms with Gasteiger partial charge in [0.1, 0.15) is 11.0 Å². The van der Waals surface area contributed by atoms with Crippen molar-refractivity contribution in [1.29, 1.82) is 0 Å². The van der Waals surface area contributed by atoms with Crippen molar-refractivity contribution in [2.24, 2.45) is 0 Å². The molecule has 3 rings (SSSR count). The largest absolute Gasteiger partial charge is 0.507 e. The van der Waals surface area contributed by atoms with E-state index in [1.165, 1.54) is 0 Å². The van der Waals surface area contributed by atoms with E-state index in [1.54, 1.807) is 12.3 Å². The lowest BCUT2D eigenvalue weighted by atomic mass is 9.93. The lowest BCUT2D eigenvalue weighted by molar-refractivity contribution is 0.188. The molecule has 7 nitrogen and oxygen atoms in total. The predicted octanol–water partition coefficient (Wildman–Crippen LogP) is 2.16. The first-order chi connectivity index (χ1) is 15.2.